The Balaban J connectivity index is 2.63. The molecular formula is C8H10FNOS. The van der Waals surface area contributed by atoms with Crippen molar-refractivity contribution in [2.75, 3.05) is 6.26 Å². The van der Waals surface area contributed by atoms with Gasteiger partial charge in [0.2, 0.25) is 11.8 Å². The maximum atomic E-state index is 12.5. The molecule has 0 aliphatic carbocycles. The van der Waals surface area contributed by atoms with Gasteiger partial charge in [-0.25, -0.2) is 0 Å². The highest BCUT2D eigenvalue weighted by atomic mass is 32.2. The van der Waals surface area contributed by atoms with Gasteiger partial charge in [0.1, 0.15) is 5.44 Å². The van der Waals surface area contributed by atoms with Crippen LogP contribution in [-0.2, 0) is 0 Å². The highest BCUT2D eigenvalue weighted by molar-refractivity contribution is 7.99. The largest absolute Gasteiger partial charge is 0.464 e. The predicted molar refractivity (Wildman–Crippen MR) is 47.8 cm³/mol. The second kappa shape index (κ2) is 4.30. The smallest absolute Gasteiger partial charge is 0.216 e. The lowest BCUT2D eigenvalue weighted by Gasteiger charge is -2.09. The average molecular weight is 187 g/mol. The molecule has 0 aliphatic heterocycles. The Bertz CT molecular complexity index is 257. The van der Waals surface area contributed by atoms with E-state index in [9.17, 15) is 4.39 Å². The van der Waals surface area contributed by atoms with E-state index >= 15 is 0 Å². The normalized spacial score (nSPS) is 12.6. The zero-order valence-corrected chi connectivity index (χ0v) is 7.77. The van der Waals surface area contributed by atoms with E-state index in [1.165, 1.54) is 6.07 Å². The summed E-state index contributed by atoms with van der Waals surface area (Å²) in [6.45, 7) is 1.89. The molecule has 0 amide bonds. The molecule has 0 bridgehead atoms. The molecule has 0 aliphatic rings. The van der Waals surface area contributed by atoms with Gasteiger partial charge in [-0.2, -0.15) is 9.37 Å². The van der Waals surface area contributed by atoms with Gasteiger partial charge in [0.05, 0.1) is 0 Å². The minimum atomic E-state index is -0.513. The lowest BCUT2D eigenvalue weighted by atomic mass is 10.5. The lowest BCUT2D eigenvalue weighted by Crippen LogP contribution is -2.07. The molecule has 0 saturated carbocycles. The van der Waals surface area contributed by atoms with Gasteiger partial charge >= 0.3 is 0 Å². The first-order valence-electron chi connectivity index (χ1n) is 3.54. The Kier molecular flexibility index (Phi) is 3.34. The Morgan fingerprint density at radius 1 is 1.58 bits per heavy atom. The minimum absolute atomic E-state index is 0.000648. The van der Waals surface area contributed by atoms with Crippen LogP contribution in [0.2, 0.25) is 0 Å². The molecule has 0 aromatic carbocycles. The first kappa shape index (κ1) is 9.32. The van der Waals surface area contributed by atoms with Crippen LogP contribution in [0.15, 0.2) is 18.2 Å². The van der Waals surface area contributed by atoms with E-state index in [4.69, 9.17) is 4.74 Å². The van der Waals surface area contributed by atoms with Gasteiger partial charge in [-0.1, -0.05) is 6.07 Å². The molecule has 1 rings (SSSR count). The number of ether oxygens (including phenoxy) is 1. The summed E-state index contributed by atoms with van der Waals surface area (Å²) in [5.41, 5.74) is -0.000648. The zero-order valence-electron chi connectivity index (χ0n) is 6.95. The summed E-state index contributed by atoms with van der Waals surface area (Å²) in [4.78, 5) is 3.56. The van der Waals surface area contributed by atoms with Gasteiger partial charge in [0.15, 0.2) is 0 Å². The number of aromatic nitrogens is 1. The third-order valence-electron chi connectivity index (χ3n) is 1.31. The first-order chi connectivity index (χ1) is 5.72. The standard InChI is InChI=1S/C8H10FNOS/c1-6(12-2)11-8-5-3-4-7(9)10-8/h3-6H,1-2H3. The van der Waals surface area contributed by atoms with Crippen LogP contribution in [0.3, 0.4) is 0 Å². The summed E-state index contributed by atoms with van der Waals surface area (Å²) in [5, 5.41) is 0. The lowest BCUT2D eigenvalue weighted by molar-refractivity contribution is 0.291. The highest BCUT2D eigenvalue weighted by Crippen LogP contribution is 2.13. The fourth-order valence-electron chi connectivity index (χ4n) is 0.673. The fourth-order valence-corrected chi connectivity index (χ4v) is 0.868. The Morgan fingerprint density at radius 3 is 2.92 bits per heavy atom. The number of rotatable bonds is 3. The topological polar surface area (TPSA) is 22.1 Å². The molecule has 0 radical (unpaired) electrons. The van der Waals surface area contributed by atoms with Gasteiger partial charge in [0, 0.05) is 6.07 Å². The third-order valence-corrected chi connectivity index (χ3v) is 2.07. The summed E-state index contributed by atoms with van der Waals surface area (Å²) < 4.78 is 17.8. The van der Waals surface area contributed by atoms with E-state index < -0.39 is 5.95 Å². The number of nitrogens with zero attached hydrogens (tertiary/aromatic N) is 1. The van der Waals surface area contributed by atoms with Gasteiger partial charge in [-0.05, 0) is 19.2 Å². The number of hydrogen-bond donors (Lipinski definition) is 0. The second-order valence-corrected chi connectivity index (χ2v) is 3.35. The summed E-state index contributed by atoms with van der Waals surface area (Å²) in [7, 11) is 0. The molecule has 1 aromatic heterocycles. The van der Waals surface area contributed by atoms with Gasteiger partial charge in [-0.3, -0.25) is 0 Å². The molecule has 0 saturated heterocycles. The summed E-state index contributed by atoms with van der Waals surface area (Å²) in [5.74, 6) is -0.183. The molecule has 1 atom stereocenters. The van der Waals surface area contributed by atoms with Crippen molar-refractivity contribution < 1.29 is 9.13 Å². The molecule has 12 heavy (non-hydrogen) atoms. The van der Waals surface area contributed by atoms with Crippen LogP contribution in [0.4, 0.5) is 4.39 Å². The summed E-state index contributed by atoms with van der Waals surface area (Å²) >= 11 is 1.54. The van der Waals surface area contributed by atoms with Crippen molar-refractivity contribution in [3.05, 3.63) is 24.1 Å². The van der Waals surface area contributed by atoms with Gasteiger partial charge < -0.3 is 4.74 Å². The molecule has 1 heterocycles. The van der Waals surface area contributed by atoms with Crippen LogP contribution in [0.1, 0.15) is 6.92 Å². The molecular weight excluding hydrogens is 177 g/mol. The van der Waals surface area contributed by atoms with Crippen molar-refractivity contribution in [3.8, 4) is 5.88 Å². The second-order valence-electron chi connectivity index (χ2n) is 2.22. The molecule has 1 unspecified atom stereocenters. The van der Waals surface area contributed by atoms with Crippen molar-refractivity contribution in [3.63, 3.8) is 0 Å². The number of hydrogen-bond acceptors (Lipinski definition) is 3. The highest BCUT2D eigenvalue weighted by Gasteiger charge is 2.02. The first-order valence-corrected chi connectivity index (χ1v) is 4.83. The van der Waals surface area contributed by atoms with Crippen LogP contribution in [0, 0.1) is 5.95 Å². The number of pyridine rings is 1. The Morgan fingerprint density at radius 2 is 2.33 bits per heavy atom. The van der Waals surface area contributed by atoms with Crippen molar-refractivity contribution in [2.24, 2.45) is 0 Å². The minimum Gasteiger partial charge on any atom is -0.464 e. The van der Waals surface area contributed by atoms with Crippen LogP contribution >= 0.6 is 11.8 Å². The van der Waals surface area contributed by atoms with E-state index in [0.717, 1.165) is 0 Å². The van der Waals surface area contributed by atoms with Gasteiger partial charge in [-0.15, -0.1) is 11.8 Å². The maximum absolute atomic E-state index is 12.5. The predicted octanol–water partition coefficient (Wildman–Crippen LogP) is 2.31. The fraction of sp³-hybridized carbons (Fsp3) is 0.375. The molecule has 0 spiro atoms. The maximum Gasteiger partial charge on any atom is 0.216 e. The van der Waals surface area contributed by atoms with Crippen LogP contribution in [-0.4, -0.2) is 16.7 Å². The van der Waals surface area contributed by atoms with E-state index in [2.05, 4.69) is 4.98 Å². The Labute approximate surface area is 75.1 Å². The van der Waals surface area contributed by atoms with Crippen molar-refractivity contribution in [1.82, 2.24) is 4.98 Å². The van der Waals surface area contributed by atoms with Crippen LogP contribution < -0.4 is 4.74 Å². The Hall–Kier alpha value is -0.770. The summed E-state index contributed by atoms with van der Waals surface area (Å²) in [6.07, 6.45) is 1.92. The van der Waals surface area contributed by atoms with Crippen molar-refractivity contribution in [1.29, 1.82) is 0 Å². The van der Waals surface area contributed by atoms with E-state index in [1.807, 2.05) is 13.2 Å². The number of thioether (sulfide) groups is 1. The van der Waals surface area contributed by atoms with E-state index in [1.54, 1.807) is 23.9 Å². The molecule has 0 N–H and O–H groups in total. The van der Waals surface area contributed by atoms with Crippen LogP contribution in [0.5, 0.6) is 5.88 Å². The van der Waals surface area contributed by atoms with E-state index in [0.29, 0.717) is 5.88 Å². The quantitative estimate of drug-likeness (QED) is 0.535. The number of halogens is 1. The average Bonchev–Trinajstić information content (AvgIpc) is 2.04. The third kappa shape index (κ3) is 2.70. The summed E-state index contributed by atoms with van der Waals surface area (Å²) in [6, 6.07) is 4.50. The molecule has 2 nitrogen and oxygen atoms in total. The monoisotopic (exact) mass is 187 g/mol. The molecule has 4 heteroatoms. The zero-order chi connectivity index (χ0) is 8.97. The van der Waals surface area contributed by atoms with Crippen LogP contribution in [0.25, 0.3) is 0 Å². The van der Waals surface area contributed by atoms with Crippen molar-refractivity contribution >= 4 is 11.8 Å². The van der Waals surface area contributed by atoms with Crippen molar-refractivity contribution in [2.45, 2.75) is 12.4 Å². The molecule has 66 valence electrons. The van der Waals surface area contributed by atoms with E-state index in [-0.39, 0.29) is 5.44 Å². The van der Waals surface area contributed by atoms with Gasteiger partial charge in [0.25, 0.3) is 0 Å². The molecule has 1 aromatic rings. The molecule has 0 fully saturated rings. The SMILES string of the molecule is CSC(C)Oc1cccc(F)n1.